The third-order valence-electron chi connectivity index (χ3n) is 4.97. The summed E-state index contributed by atoms with van der Waals surface area (Å²) in [5, 5.41) is 11.6. The number of rotatable bonds is 5. The van der Waals surface area contributed by atoms with Gasteiger partial charge in [-0.05, 0) is 25.5 Å². The number of amides is 1. The first kappa shape index (κ1) is 17.2. The summed E-state index contributed by atoms with van der Waals surface area (Å²) in [7, 11) is 1.85. The molecule has 1 amide bonds. The van der Waals surface area contributed by atoms with E-state index in [0.717, 1.165) is 33.8 Å². The van der Waals surface area contributed by atoms with Gasteiger partial charge in [0.05, 0.1) is 12.7 Å². The number of nitrogens with one attached hydrogen (secondary N) is 1. The van der Waals surface area contributed by atoms with Gasteiger partial charge in [0.15, 0.2) is 0 Å². The first-order valence-corrected chi connectivity index (χ1v) is 9.07. The van der Waals surface area contributed by atoms with Crippen LogP contribution in [0.1, 0.15) is 41.4 Å². The number of nitrogens with zero attached hydrogens (tertiary/aromatic N) is 5. The Labute approximate surface area is 158 Å². The summed E-state index contributed by atoms with van der Waals surface area (Å²) in [6.07, 6.45) is 3.59. The lowest BCUT2D eigenvalue weighted by molar-refractivity contribution is 0.0787. The van der Waals surface area contributed by atoms with Crippen molar-refractivity contribution in [1.29, 1.82) is 0 Å². The van der Waals surface area contributed by atoms with Crippen molar-refractivity contribution < 1.29 is 4.79 Å². The second kappa shape index (κ2) is 6.83. The molecule has 1 aromatic carbocycles. The first-order valence-electron chi connectivity index (χ1n) is 9.07. The summed E-state index contributed by atoms with van der Waals surface area (Å²) in [6, 6.07) is 10.1. The number of aryl methyl sites for hydroxylation is 1. The van der Waals surface area contributed by atoms with Crippen LogP contribution in [0.5, 0.6) is 0 Å². The van der Waals surface area contributed by atoms with E-state index in [9.17, 15) is 4.79 Å². The molecule has 1 aliphatic rings. The topological polar surface area (TPSA) is 75.9 Å². The Balaban J connectivity index is 1.54. The van der Waals surface area contributed by atoms with E-state index in [2.05, 4.69) is 39.7 Å². The average molecular weight is 362 g/mol. The van der Waals surface area contributed by atoms with Crippen molar-refractivity contribution in [3.05, 3.63) is 59.4 Å². The van der Waals surface area contributed by atoms with Crippen molar-refractivity contribution in [3.63, 3.8) is 0 Å². The molecule has 4 rings (SSSR count). The molecule has 138 valence electrons. The van der Waals surface area contributed by atoms with Crippen LogP contribution in [0.15, 0.2) is 42.7 Å². The molecule has 0 unspecified atom stereocenters. The highest BCUT2D eigenvalue weighted by Gasteiger charge is 2.29. The molecule has 0 spiro atoms. The highest BCUT2D eigenvalue weighted by molar-refractivity contribution is 5.99. The molecular formula is C20H22N6O. The van der Waals surface area contributed by atoms with E-state index in [1.54, 1.807) is 16.9 Å². The maximum atomic E-state index is 12.4. The number of carbonyl (C=O) groups is 1. The number of fused-ring (bicyclic) bond motifs is 1. The van der Waals surface area contributed by atoms with E-state index in [0.29, 0.717) is 13.1 Å². The van der Waals surface area contributed by atoms with Crippen LogP contribution < -0.4 is 5.32 Å². The third-order valence-corrected chi connectivity index (χ3v) is 4.97. The van der Waals surface area contributed by atoms with Crippen LogP contribution in [0.3, 0.4) is 0 Å². The van der Waals surface area contributed by atoms with Gasteiger partial charge in [-0.15, -0.1) is 5.10 Å². The lowest BCUT2D eigenvalue weighted by Crippen LogP contribution is -2.22. The number of hydrogen-bond donors (Lipinski definition) is 1. The standard InChI is InChI=1S/C20H22N6O/c1-4-26-11-17-16(20(26)27)9-10-21-19(17)22-13(2)14-5-7-15(8-6-14)18-12-25(3)24-23-18/h5-10,12-13H,4,11H2,1-3H3,(H,21,22)/t13-/m0/s1. The van der Waals surface area contributed by atoms with Crippen LogP contribution in [0.25, 0.3) is 11.3 Å². The number of benzene rings is 1. The molecule has 7 nitrogen and oxygen atoms in total. The first-order chi connectivity index (χ1) is 13.1. The molecule has 27 heavy (non-hydrogen) atoms. The summed E-state index contributed by atoms with van der Waals surface area (Å²) in [6.45, 7) is 5.39. The van der Waals surface area contributed by atoms with Gasteiger partial charge in [-0.3, -0.25) is 9.48 Å². The number of aromatic nitrogens is 4. The molecule has 0 saturated carbocycles. The summed E-state index contributed by atoms with van der Waals surface area (Å²) in [5.74, 6) is 0.862. The largest absolute Gasteiger partial charge is 0.363 e. The summed E-state index contributed by atoms with van der Waals surface area (Å²) >= 11 is 0. The average Bonchev–Trinajstić information content (AvgIpc) is 3.26. The van der Waals surface area contributed by atoms with Crippen molar-refractivity contribution >= 4 is 11.7 Å². The molecule has 0 fully saturated rings. The van der Waals surface area contributed by atoms with Gasteiger partial charge in [0.2, 0.25) is 0 Å². The van der Waals surface area contributed by atoms with Gasteiger partial charge in [-0.2, -0.15) is 0 Å². The minimum absolute atomic E-state index is 0.0608. The maximum Gasteiger partial charge on any atom is 0.254 e. The molecular weight excluding hydrogens is 340 g/mol. The Morgan fingerprint density at radius 2 is 2.00 bits per heavy atom. The van der Waals surface area contributed by atoms with Crippen molar-refractivity contribution in [2.24, 2.45) is 7.05 Å². The van der Waals surface area contributed by atoms with Gasteiger partial charge in [-0.1, -0.05) is 29.5 Å². The van der Waals surface area contributed by atoms with E-state index < -0.39 is 0 Å². The third kappa shape index (κ3) is 3.16. The summed E-state index contributed by atoms with van der Waals surface area (Å²) in [4.78, 5) is 18.7. The maximum absolute atomic E-state index is 12.4. The molecule has 1 atom stereocenters. The van der Waals surface area contributed by atoms with Crippen LogP contribution >= 0.6 is 0 Å². The van der Waals surface area contributed by atoms with Gasteiger partial charge in [0.25, 0.3) is 5.91 Å². The number of carbonyl (C=O) groups excluding carboxylic acids is 1. The van der Waals surface area contributed by atoms with Crippen molar-refractivity contribution in [2.45, 2.75) is 26.4 Å². The lowest BCUT2D eigenvalue weighted by Gasteiger charge is -2.17. The minimum atomic E-state index is 0.0608. The normalized spacial score (nSPS) is 14.3. The number of hydrogen-bond acceptors (Lipinski definition) is 5. The van der Waals surface area contributed by atoms with Gasteiger partial charge in [-0.25, -0.2) is 4.98 Å². The molecule has 3 heterocycles. The van der Waals surface area contributed by atoms with Gasteiger partial charge >= 0.3 is 0 Å². The zero-order valence-corrected chi connectivity index (χ0v) is 15.7. The van der Waals surface area contributed by atoms with Gasteiger partial charge < -0.3 is 10.2 Å². The second-order valence-electron chi connectivity index (χ2n) is 6.77. The number of pyridine rings is 1. The minimum Gasteiger partial charge on any atom is -0.363 e. The van der Waals surface area contributed by atoms with E-state index in [-0.39, 0.29) is 11.9 Å². The SMILES string of the molecule is CCN1Cc2c(ccnc2N[C@@H](C)c2ccc(-c3cn(C)nn3)cc2)C1=O. The molecule has 7 heteroatoms. The molecule has 1 aliphatic heterocycles. The smallest absolute Gasteiger partial charge is 0.254 e. The van der Waals surface area contributed by atoms with E-state index in [4.69, 9.17) is 0 Å². The Hall–Kier alpha value is -3.22. The van der Waals surface area contributed by atoms with Crippen LogP contribution in [-0.2, 0) is 13.6 Å². The zero-order valence-electron chi connectivity index (χ0n) is 15.7. The van der Waals surface area contributed by atoms with Crippen LogP contribution in [0.2, 0.25) is 0 Å². The van der Waals surface area contributed by atoms with E-state index >= 15 is 0 Å². The number of anilines is 1. The highest BCUT2D eigenvalue weighted by atomic mass is 16.2. The fourth-order valence-electron chi connectivity index (χ4n) is 3.38. The van der Waals surface area contributed by atoms with Crippen molar-refractivity contribution in [2.75, 3.05) is 11.9 Å². The van der Waals surface area contributed by atoms with Crippen LogP contribution in [-0.4, -0.2) is 37.3 Å². The van der Waals surface area contributed by atoms with E-state index in [1.165, 1.54) is 0 Å². The summed E-state index contributed by atoms with van der Waals surface area (Å²) < 4.78 is 1.69. The second-order valence-corrected chi connectivity index (χ2v) is 6.77. The highest BCUT2D eigenvalue weighted by Crippen LogP contribution is 2.30. The predicted octanol–water partition coefficient (Wildman–Crippen LogP) is 3.03. The molecule has 0 bridgehead atoms. The Bertz CT molecular complexity index is 978. The fourth-order valence-corrected chi connectivity index (χ4v) is 3.38. The Morgan fingerprint density at radius 1 is 1.22 bits per heavy atom. The van der Waals surface area contributed by atoms with Crippen molar-refractivity contribution in [3.8, 4) is 11.3 Å². The van der Waals surface area contributed by atoms with E-state index in [1.807, 2.05) is 37.2 Å². The van der Waals surface area contributed by atoms with Gasteiger partial charge in [0, 0.05) is 42.5 Å². The Kier molecular flexibility index (Phi) is 4.35. The monoisotopic (exact) mass is 362 g/mol. The molecule has 0 aliphatic carbocycles. The molecule has 0 radical (unpaired) electrons. The van der Waals surface area contributed by atoms with Gasteiger partial charge in [0.1, 0.15) is 11.5 Å². The summed E-state index contributed by atoms with van der Waals surface area (Å²) in [5.41, 5.74) is 4.75. The fraction of sp³-hybridized carbons (Fsp3) is 0.300. The molecule has 3 aromatic rings. The predicted molar refractivity (Wildman–Crippen MR) is 103 cm³/mol. The molecule has 0 saturated heterocycles. The van der Waals surface area contributed by atoms with Crippen LogP contribution in [0.4, 0.5) is 5.82 Å². The molecule has 2 aromatic heterocycles. The Morgan fingerprint density at radius 3 is 2.67 bits per heavy atom. The van der Waals surface area contributed by atoms with Crippen molar-refractivity contribution in [1.82, 2.24) is 24.9 Å². The lowest BCUT2D eigenvalue weighted by atomic mass is 10.0. The quantitative estimate of drug-likeness (QED) is 0.755. The van der Waals surface area contributed by atoms with Crippen LogP contribution in [0, 0.1) is 0 Å². The zero-order chi connectivity index (χ0) is 19.0. The molecule has 1 N–H and O–H groups in total.